The van der Waals surface area contributed by atoms with Crippen molar-refractivity contribution in [2.75, 3.05) is 26.7 Å². The van der Waals surface area contributed by atoms with E-state index in [4.69, 9.17) is 9.47 Å². The maximum atomic E-state index is 5.86. The largest absolute Gasteiger partial charge is 0.497 e. The molecule has 1 atom stereocenters. The van der Waals surface area contributed by atoms with Crippen LogP contribution < -0.4 is 20.1 Å². The average Bonchev–Trinajstić information content (AvgIpc) is 3.35. The van der Waals surface area contributed by atoms with Gasteiger partial charge in [-0.1, -0.05) is 0 Å². The van der Waals surface area contributed by atoms with Gasteiger partial charge in [0, 0.05) is 13.1 Å². The van der Waals surface area contributed by atoms with Crippen LogP contribution in [0.25, 0.3) is 0 Å². The lowest BCUT2D eigenvalue weighted by Crippen LogP contribution is -2.39. The Kier molecular flexibility index (Phi) is 6.37. The fourth-order valence-electron chi connectivity index (χ4n) is 2.05. The Labute approximate surface area is 133 Å². The van der Waals surface area contributed by atoms with Gasteiger partial charge in [-0.05, 0) is 56.9 Å². The summed E-state index contributed by atoms with van der Waals surface area (Å²) in [6.45, 7) is 6.60. The molecular formula is C17H27N3O2. The third kappa shape index (κ3) is 5.84. The van der Waals surface area contributed by atoms with Gasteiger partial charge in [-0.3, -0.25) is 0 Å². The maximum Gasteiger partial charge on any atom is 0.191 e. The minimum absolute atomic E-state index is 0.0183. The fourth-order valence-corrected chi connectivity index (χ4v) is 2.05. The van der Waals surface area contributed by atoms with E-state index in [0.29, 0.717) is 6.54 Å². The number of methoxy groups -OCH3 is 1. The number of ether oxygens (including phenoxy) is 2. The Morgan fingerprint density at radius 2 is 1.91 bits per heavy atom. The minimum Gasteiger partial charge on any atom is -0.497 e. The van der Waals surface area contributed by atoms with Crippen molar-refractivity contribution in [1.82, 2.24) is 10.6 Å². The lowest BCUT2D eigenvalue weighted by molar-refractivity contribution is 0.230. The second kappa shape index (κ2) is 8.51. The van der Waals surface area contributed by atoms with Crippen molar-refractivity contribution < 1.29 is 9.47 Å². The van der Waals surface area contributed by atoms with Crippen molar-refractivity contribution in [1.29, 1.82) is 0 Å². The van der Waals surface area contributed by atoms with Crippen LogP contribution in [-0.4, -0.2) is 38.8 Å². The van der Waals surface area contributed by atoms with E-state index in [0.717, 1.165) is 36.5 Å². The number of hydrogen-bond donors (Lipinski definition) is 2. The Balaban J connectivity index is 1.79. The summed E-state index contributed by atoms with van der Waals surface area (Å²) in [4.78, 5) is 4.59. The van der Waals surface area contributed by atoms with E-state index in [1.807, 2.05) is 31.2 Å². The standard InChI is InChI=1S/C17H27N3O2/c1-4-18-17(20-12-14-5-6-14)19-11-13(2)22-16-9-7-15(21-3)8-10-16/h7-10,13-14H,4-6,11-12H2,1-3H3,(H2,18,19,20). The molecule has 1 aliphatic carbocycles. The molecule has 1 unspecified atom stereocenters. The van der Waals surface area contributed by atoms with Gasteiger partial charge in [0.25, 0.3) is 0 Å². The average molecular weight is 305 g/mol. The Morgan fingerprint density at radius 3 is 2.50 bits per heavy atom. The summed E-state index contributed by atoms with van der Waals surface area (Å²) in [6.07, 6.45) is 2.69. The highest BCUT2D eigenvalue weighted by atomic mass is 16.5. The van der Waals surface area contributed by atoms with E-state index in [1.54, 1.807) is 7.11 Å². The molecule has 0 spiro atoms. The Bertz CT molecular complexity index is 469. The molecule has 1 aromatic rings. The Morgan fingerprint density at radius 1 is 1.23 bits per heavy atom. The summed E-state index contributed by atoms with van der Waals surface area (Å²) >= 11 is 0. The van der Waals surface area contributed by atoms with Crippen LogP contribution >= 0.6 is 0 Å². The highest BCUT2D eigenvalue weighted by Gasteiger charge is 2.21. The van der Waals surface area contributed by atoms with Gasteiger partial charge in [0.2, 0.25) is 0 Å². The summed E-state index contributed by atoms with van der Waals surface area (Å²) in [5.74, 6) is 3.37. The van der Waals surface area contributed by atoms with Crippen molar-refractivity contribution in [3.05, 3.63) is 24.3 Å². The molecule has 1 saturated carbocycles. The SMILES string of the molecule is CCNC(=NCC(C)Oc1ccc(OC)cc1)NCC1CC1. The van der Waals surface area contributed by atoms with Crippen LogP contribution in [0.4, 0.5) is 0 Å². The van der Waals surface area contributed by atoms with E-state index in [1.165, 1.54) is 12.8 Å². The molecule has 0 amide bonds. The molecule has 0 heterocycles. The third-order valence-corrected chi connectivity index (χ3v) is 3.50. The van der Waals surface area contributed by atoms with Gasteiger partial charge in [-0.15, -0.1) is 0 Å². The predicted molar refractivity (Wildman–Crippen MR) is 89.8 cm³/mol. The van der Waals surface area contributed by atoms with Gasteiger partial charge < -0.3 is 20.1 Å². The molecule has 1 fully saturated rings. The van der Waals surface area contributed by atoms with Gasteiger partial charge in [0.05, 0.1) is 13.7 Å². The lowest BCUT2D eigenvalue weighted by Gasteiger charge is -2.15. The summed E-state index contributed by atoms with van der Waals surface area (Å²) < 4.78 is 11.0. The molecule has 1 aromatic carbocycles. The number of aliphatic imine (C=N–C) groups is 1. The number of nitrogens with zero attached hydrogens (tertiary/aromatic N) is 1. The topological polar surface area (TPSA) is 54.9 Å². The number of rotatable bonds is 8. The number of benzene rings is 1. The van der Waals surface area contributed by atoms with Gasteiger partial charge in [0.15, 0.2) is 5.96 Å². The highest BCUT2D eigenvalue weighted by molar-refractivity contribution is 5.79. The van der Waals surface area contributed by atoms with E-state index in [-0.39, 0.29) is 6.10 Å². The van der Waals surface area contributed by atoms with Crippen LogP contribution in [-0.2, 0) is 0 Å². The van der Waals surface area contributed by atoms with Gasteiger partial charge in [0.1, 0.15) is 17.6 Å². The first kappa shape index (κ1) is 16.5. The van der Waals surface area contributed by atoms with Gasteiger partial charge in [-0.25, -0.2) is 4.99 Å². The number of nitrogens with one attached hydrogen (secondary N) is 2. The minimum atomic E-state index is 0.0183. The van der Waals surface area contributed by atoms with Crippen LogP contribution in [0.15, 0.2) is 29.3 Å². The molecule has 122 valence electrons. The second-order valence-corrected chi connectivity index (χ2v) is 5.65. The normalized spacial score (nSPS) is 16.0. The highest BCUT2D eigenvalue weighted by Crippen LogP contribution is 2.27. The maximum absolute atomic E-state index is 5.86. The molecule has 1 aliphatic rings. The molecule has 0 aliphatic heterocycles. The lowest BCUT2D eigenvalue weighted by atomic mass is 10.3. The van der Waals surface area contributed by atoms with E-state index < -0.39 is 0 Å². The van der Waals surface area contributed by atoms with Crippen LogP contribution in [0, 0.1) is 5.92 Å². The first-order valence-corrected chi connectivity index (χ1v) is 8.04. The molecule has 2 N–H and O–H groups in total. The monoisotopic (exact) mass is 305 g/mol. The number of hydrogen-bond acceptors (Lipinski definition) is 3. The molecule has 0 saturated heterocycles. The molecule has 0 aromatic heterocycles. The summed E-state index contributed by atoms with van der Waals surface area (Å²) in [7, 11) is 1.66. The van der Waals surface area contributed by atoms with E-state index in [2.05, 4.69) is 22.5 Å². The van der Waals surface area contributed by atoms with Crippen molar-refractivity contribution in [2.45, 2.75) is 32.8 Å². The van der Waals surface area contributed by atoms with Crippen LogP contribution in [0.2, 0.25) is 0 Å². The molecule has 0 radical (unpaired) electrons. The smallest absolute Gasteiger partial charge is 0.191 e. The second-order valence-electron chi connectivity index (χ2n) is 5.65. The summed E-state index contributed by atoms with van der Waals surface area (Å²) in [5.41, 5.74) is 0. The summed E-state index contributed by atoms with van der Waals surface area (Å²) in [5, 5.41) is 6.65. The van der Waals surface area contributed by atoms with Crippen LogP contribution in [0.5, 0.6) is 11.5 Å². The van der Waals surface area contributed by atoms with Crippen molar-refractivity contribution in [3.63, 3.8) is 0 Å². The van der Waals surface area contributed by atoms with Crippen molar-refractivity contribution >= 4 is 5.96 Å². The van der Waals surface area contributed by atoms with E-state index in [9.17, 15) is 0 Å². The van der Waals surface area contributed by atoms with E-state index >= 15 is 0 Å². The zero-order chi connectivity index (χ0) is 15.8. The van der Waals surface area contributed by atoms with Crippen LogP contribution in [0.3, 0.4) is 0 Å². The zero-order valence-electron chi connectivity index (χ0n) is 13.8. The number of guanidine groups is 1. The molecule has 5 nitrogen and oxygen atoms in total. The van der Waals surface area contributed by atoms with Gasteiger partial charge in [-0.2, -0.15) is 0 Å². The summed E-state index contributed by atoms with van der Waals surface area (Å²) in [6, 6.07) is 7.62. The molecule has 22 heavy (non-hydrogen) atoms. The third-order valence-electron chi connectivity index (χ3n) is 3.50. The predicted octanol–water partition coefficient (Wildman–Crippen LogP) is 2.43. The molecular weight excluding hydrogens is 278 g/mol. The van der Waals surface area contributed by atoms with Crippen molar-refractivity contribution in [3.8, 4) is 11.5 Å². The zero-order valence-corrected chi connectivity index (χ0v) is 13.8. The van der Waals surface area contributed by atoms with Crippen molar-refractivity contribution in [2.24, 2.45) is 10.9 Å². The first-order valence-electron chi connectivity index (χ1n) is 8.04. The molecule has 5 heteroatoms. The fraction of sp³-hybridized carbons (Fsp3) is 0.588. The van der Waals surface area contributed by atoms with Gasteiger partial charge >= 0.3 is 0 Å². The van der Waals surface area contributed by atoms with Crippen LogP contribution in [0.1, 0.15) is 26.7 Å². The molecule has 2 rings (SSSR count). The molecule has 0 bridgehead atoms. The quantitative estimate of drug-likeness (QED) is 0.572. The Hall–Kier alpha value is -1.91. The first-order chi connectivity index (χ1) is 10.7.